The van der Waals surface area contributed by atoms with Gasteiger partial charge in [-0.3, -0.25) is 4.98 Å². The van der Waals surface area contributed by atoms with Crippen LogP contribution in [0.1, 0.15) is 11.1 Å². The molecule has 0 saturated heterocycles. The van der Waals surface area contributed by atoms with Crippen molar-refractivity contribution in [1.82, 2.24) is 29.7 Å². The molecule has 0 bridgehead atoms. The van der Waals surface area contributed by atoms with Crippen LogP contribution in [0.15, 0.2) is 61.6 Å². The zero-order valence-electron chi connectivity index (χ0n) is 13.4. The van der Waals surface area contributed by atoms with E-state index in [2.05, 4.69) is 32.2 Å². The summed E-state index contributed by atoms with van der Waals surface area (Å²) in [5.41, 5.74) is 7.06. The Morgan fingerprint density at radius 3 is 2.76 bits per heavy atom. The average molecular weight is 326 g/mol. The summed E-state index contributed by atoms with van der Waals surface area (Å²) in [4.78, 5) is 17.6. The van der Waals surface area contributed by atoms with Crippen molar-refractivity contribution in [3.8, 4) is 28.3 Å². The average Bonchev–Trinajstić information content (AvgIpc) is 3.18. The Balaban J connectivity index is 1.58. The molecule has 0 unspecified atom stereocenters. The standard InChI is InChI=1S/C19H14N6/c1-2-16(10-20-7-1)25-11-15(9-23-25)17-6-5-13-3-4-14-8-21-12-22-18(14)19(13)24-17/h1-2,5-12H,3-4H2. The third-order valence-electron chi connectivity index (χ3n) is 4.44. The summed E-state index contributed by atoms with van der Waals surface area (Å²) < 4.78 is 1.81. The molecule has 0 radical (unpaired) electrons. The van der Waals surface area contributed by atoms with Crippen LogP contribution in [0.4, 0.5) is 0 Å². The number of nitrogens with zero attached hydrogens (tertiary/aromatic N) is 6. The summed E-state index contributed by atoms with van der Waals surface area (Å²) in [7, 11) is 0. The number of hydrogen-bond donors (Lipinski definition) is 0. The molecule has 4 aromatic heterocycles. The van der Waals surface area contributed by atoms with E-state index in [4.69, 9.17) is 4.98 Å². The van der Waals surface area contributed by atoms with Crippen LogP contribution in [0, 0.1) is 0 Å². The van der Waals surface area contributed by atoms with Gasteiger partial charge in [0.1, 0.15) is 6.33 Å². The van der Waals surface area contributed by atoms with Crippen LogP contribution >= 0.6 is 0 Å². The predicted octanol–water partition coefficient (Wildman–Crippen LogP) is 2.88. The molecule has 0 fully saturated rings. The van der Waals surface area contributed by atoms with Gasteiger partial charge in [0.15, 0.2) is 0 Å². The molecule has 0 spiro atoms. The Kier molecular flexibility index (Phi) is 3.13. The Morgan fingerprint density at radius 2 is 1.84 bits per heavy atom. The number of pyridine rings is 2. The maximum atomic E-state index is 4.87. The second-order valence-corrected chi connectivity index (χ2v) is 5.99. The molecular weight excluding hydrogens is 312 g/mol. The molecule has 4 heterocycles. The Labute approximate surface area is 144 Å². The normalized spacial score (nSPS) is 12.5. The van der Waals surface area contributed by atoms with Gasteiger partial charge in [0.25, 0.3) is 0 Å². The topological polar surface area (TPSA) is 69.4 Å². The fraction of sp³-hybridized carbons (Fsp3) is 0.105. The molecular formula is C19H14N6. The number of rotatable bonds is 2. The molecule has 0 saturated carbocycles. The zero-order chi connectivity index (χ0) is 16.6. The monoisotopic (exact) mass is 326 g/mol. The van der Waals surface area contributed by atoms with Gasteiger partial charge in [-0.15, -0.1) is 0 Å². The lowest BCUT2D eigenvalue weighted by Gasteiger charge is -2.17. The molecule has 0 aliphatic heterocycles. The Bertz CT molecular complexity index is 1050. The van der Waals surface area contributed by atoms with Gasteiger partial charge in [-0.2, -0.15) is 5.10 Å². The number of aryl methyl sites for hydroxylation is 2. The van der Waals surface area contributed by atoms with Gasteiger partial charge in [-0.05, 0) is 42.2 Å². The summed E-state index contributed by atoms with van der Waals surface area (Å²) >= 11 is 0. The van der Waals surface area contributed by atoms with E-state index >= 15 is 0 Å². The minimum atomic E-state index is 0.889. The largest absolute Gasteiger partial charge is 0.262 e. The van der Waals surface area contributed by atoms with Crippen LogP contribution in [0.5, 0.6) is 0 Å². The van der Waals surface area contributed by atoms with Crippen molar-refractivity contribution in [2.75, 3.05) is 0 Å². The molecule has 6 heteroatoms. The highest BCUT2D eigenvalue weighted by Crippen LogP contribution is 2.31. The third-order valence-corrected chi connectivity index (χ3v) is 4.44. The highest BCUT2D eigenvalue weighted by Gasteiger charge is 2.19. The van der Waals surface area contributed by atoms with Gasteiger partial charge < -0.3 is 0 Å². The number of aromatic nitrogens is 6. The molecule has 0 atom stereocenters. The first-order chi connectivity index (χ1) is 12.4. The van der Waals surface area contributed by atoms with Crippen LogP contribution in [0.3, 0.4) is 0 Å². The maximum absolute atomic E-state index is 4.87. The molecule has 6 nitrogen and oxygen atoms in total. The molecule has 120 valence electrons. The minimum Gasteiger partial charge on any atom is -0.262 e. The summed E-state index contributed by atoms with van der Waals surface area (Å²) in [6.07, 6.45) is 12.7. The maximum Gasteiger partial charge on any atom is 0.116 e. The van der Waals surface area contributed by atoms with Gasteiger partial charge in [0.05, 0.1) is 35.2 Å². The highest BCUT2D eigenvalue weighted by molar-refractivity contribution is 5.69. The van der Waals surface area contributed by atoms with E-state index in [1.54, 1.807) is 23.4 Å². The lowest BCUT2D eigenvalue weighted by atomic mass is 9.93. The SMILES string of the molecule is c1cncc(-n2cc(-c3ccc4c(n3)-c3ncncc3CC4)cn2)c1. The van der Waals surface area contributed by atoms with Crippen molar-refractivity contribution in [2.45, 2.75) is 12.8 Å². The van der Waals surface area contributed by atoms with Crippen molar-refractivity contribution in [3.63, 3.8) is 0 Å². The minimum absolute atomic E-state index is 0.889. The van der Waals surface area contributed by atoms with Crippen molar-refractivity contribution < 1.29 is 0 Å². The van der Waals surface area contributed by atoms with Crippen molar-refractivity contribution in [3.05, 3.63) is 72.7 Å². The third kappa shape index (κ3) is 2.39. The van der Waals surface area contributed by atoms with Crippen molar-refractivity contribution in [1.29, 1.82) is 0 Å². The van der Waals surface area contributed by atoms with Crippen LogP contribution in [-0.2, 0) is 12.8 Å². The fourth-order valence-corrected chi connectivity index (χ4v) is 3.17. The molecule has 5 rings (SSSR count). The van der Waals surface area contributed by atoms with Crippen LogP contribution in [0.25, 0.3) is 28.3 Å². The molecule has 1 aliphatic carbocycles. The van der Waals surface area contributed by atoms with E-state index in [1.807, 2.05) is 30.7 Å². The summed E-state index contributed by atoms with van der Waals surface area (Å²) in [6, 6.07) is 8.06. The Hall–Kier alpha value is -3.41. The predicted molar refractivity (Wildman–Crippen MR) is 93.0 cm³/mol. The first-order valence-corrected chi connectivity index (χ1v) is 8.13. The van der Waals surface area contributed by atoms with E-state index in [-0.39, 0.29) is 0 Å². The molecule has 0 aromatic carbocycles. The van der Waals surface area contributed by atoms with Crippen molar-refractivity contribution >= 4 is 0 Å². The molecule has 25 heavy (non-hydrogen) atoms. The van der Waals surface area contributed by atoms with Gasteiger partial charge in [0.2, 0.25) is 0 Å². The summed E-state index contributed by atoms with van der Waals surface area (Å²) in [6.45, 7) is 0. The molecule has 0 N–H and O–H groups in total. The number of hydrogen-bond acceptors (Lipinski definition) is 5. The van der Waals surface area contributed by atoms with E-state index in [0.29, 0.717) is 0 Å². The van der Waals surface area contributed by atoms with Crippen molar-refractivity contribution in [2.24, 2.45) is 0 Å². The highest BCUT2D eigenvalue weighted by atomic mass is 15.3. The van der Waals surface area contributed by atoms with Gasteiger partial charge in [0, 0.05) is 24.2 Å². The van der Waals surface area contributed by atoms with Crippen LogP contribution < -0.4 is 0 Å². The fourth-order valence-electron chi connectivity index (χ4n) is 3.17. The number of fused-ring (bicyclic) bond motifs is 3. The van der Waals surface area contributed by atoms with E-state index in [0.717, 1.165) is 46.7 Å². The summed E-state index contributed by atoms with van der Waals surface area (Å²) in [5, 5.41) is 4.43. The quantitative estimate of drug-likeness (QED) is 0.566. The Morgan fingerprint density at radius 1 is 0.880 bits per heavy atom. The first kappa shape index (κ1) is 14.0. The van der Waals surface area contributed by atoms with E-state index < -0.39 is 0 Å². The summed E-state index contributed by atoms with van der Waals surface area (Å²) in [5.74, 6) is 0. The smallest absolute Gasteiger partial charge is 0.116 e. The van der Waals surface area contributed by atoms with Crippen LogP contribution in [-0.4, -0.2) is 29.7 Å². The molecule has 4 aromatic rings. The molecule has 1 aliphatic rings. The van der Waals surface area contributed by atoms with E-state index in [1.165, 1.54) is 5.56 Å². The molecule has 0 amide bonds. The second kappa shape index (κ2) is 5.59. The lowest BCUT2D eigenvalue weighted by Crippen LogP contribution is -2.08. The lowest BCUT2D eigenvalue weighted by molar-refractivity contribution is 0.874. The zero-order valence-corrected chi connectivity index (χ0v) is 13.4. The first-order valence-electron chi connectivity index (χ1n) is 8.13. The van der Waals surface area contributed by atoms with Gasteiger partial charge in [-0.25, -0.2) is 19.6 Å². The second-order valence-electron chi connectivity index (χ2n) is 5.99. The van der Waals surface area contributed by atoms with Gasteiger partial charge >= 0.3 is 0 Å². The van der Waals surface area contributed by atoms with Crippen LogP contribution in [0.2, 0.25) is 0 Å². The van der Waals surface area contributed by atoms with Gasteiger partial charge in [-0.1, -0.05) is 6.07 Å². The van der Waals surface area contributed by atoms with E-state index in [9.17, 15) is 0 Å².